The number of anilines is 6. The van der Waals surface area contributed by atoms with Crippen molar-refractivity contribution in [1.82, 2.24) is 0 Å². The molecule has 69 heavy (non-hydrogen) atoms. The highest BCUT2D eigenvalue weighted by Gasteiger charge is 2.47. The summed E-state index contributed by atoms with van der Waals surface area (Å²) in [6.45, 7) is 38.0. The van der Waals surface area contributed by atoms with Crippen LogP contribution in [-0.4, -0.2) is 6.71 Å². The molecule has 0 saturated heterocycles. The molecule has 1 aliphatic carbocycles. The summed E-state index contributed by atoms with van der Waals surface area (Å²) in [5.74, 6) is 0. The molecular weight excluding hydrogens is 832 g/mol. The number of hydrogen-bond acceptors (Lipinski definition) is 2. The van der Waals surface area contributed by atoms with E-state index < -0.39 is 0 Å². The molecule has 0 N–H and O–H groups in total. The van der Waals surface area contributed by atoms with Crippen LogP contribution in [0.3, 0.4) is 0 Å². The van der Waals surface area contributed by atoms with Crippen LogP contribution in [0, 0.1) is 6.92 Å². The molecule has 352 valence electrons. The average molecular weight is 907 g/mol. The number of benzene rings is 7. The summed E-state index contributed by atoms with van der Waals surface area (Å²) in [5, 5.41) is 0. The lowest BCUT2D eigenvalue weighted by atomic mass is 9.33. The Morgan fingerprint density at radius 3 is 1.58 bits per heavy atom. The van der Waals surface area contributed by atoms with Gasteiger partial charge in [-0.2, -0.15) is 0 Å². The third kappa shape index (κ3) is 7.88. The first-order chi connectivity index (χ1) is 32.3. The predicted molar refractivity (Wildman–Crippen MR) is 301 cm³/mol. The number of aryl methyl sites for hydroxylation is 1. The first-order valence-corrected chi connectivity index (χ1v) is 25.8. The number of rotatable bonds is 5. The van der Waals surface area contributed by atoms with E-state index in [1.54, 1.807) is 0 Å². The average Bonchev–Trinajstić information content (AvgIpc) is 3.29. The third-order valence-corrected chi connectivity index (χ3v) is 16.5. The van der Waals surface area contributed by atoms with Crippen LogP contribution >= 0.6 is 0 Å². The molecule has 0 amide bonds. The smallest absolute Gasteiger partial charge is 0.252 e. The second-order valence-corrected chi connectivity index (χ2v) is 25.9. The Morgan fingerprint density at radius 1 is 0.420 bits per heavy atom. The normalized spacial score (nSPS) is 16.1. The summed E-state index contributed by atoms with van der Waals surface area (Å²) < 4.78 is 0. The zero-order valence-corrected chi connectivity index (χ0v) is 44.7. The van der Waals surface area contributed by atoms with E-state index in [0.29, 0.717) is 0 Å². The molecule has 0 fully saturated rings. The minimum absolute atomic E-state index is 0.0160. The van der Waals surface area contributed by atoms with Crippen LogP contribution in [0.4, 0.5) is 34.1 Å². The summed E-state index contributed by atoms with van der Waals surface area (Å²) in [6.07, 6.45) is 2.32. The summed E-state index contributed by atoms with van der Waals surface area (Å²) in [7, 11) is 0. The lowest BCUT2D eigenvalue weighted by Crippen LogP contribution is -2.62. The number of hydrogen-bond donors (Lipinski definition) is 0. The molecule has 0 atom stereocenters. The van der Waals surface area contributed by atoms with E-state index >= 15 is 0 Å². The van der Waals surface area contributed by atoms with Crippen LogP contribution in [0.15, 0.2) is 140 Å². The van der Waals surface area contributed by atoms with Gasteiger partial charge in [-0.1, -0.05) is 195 Å². The molecule has 0 unspecified atom stereocenters. The standard InChI is InChI=1S/C66H75BN2/c1-42-35-58-60-59(36-42)69(55-32-30-47(63(8,9)10)38-50(55)43-25-27-44(28-26-43)61(2,3)4)57-41-52-51(64(11,12)33-34-65(52,13)14)40-54(57)67(60)53-31-29-48(66(15,16)45-21-18-17-19-22-45)39-56(53)68(58)49-24-20-23-46(37-49)62(5,6)7/h17-32,35-41H,33-34H2,1-16H3. The molecule has 0 spiro atoms. The molecule has 2 heterocycles. The summed E-state index contributed by atoms with van der Waals surface area (Å²) in [6, 6.07) is 55.0. The fraction of sp³-hybridized carbons (Fsp3) is 0.364. The van der Waals surface area contributed by atoms with Gasteiger partial charge in [0.15, 0.2) is 0 Å². The Morgan fingerprint density at radius 2 is 0.957 bits per heavy atom. The van der Waals surface area contributed by atoms with Gasteiger partial charge in [-0.3, -0.25) is 0 Å². The van der Waals surface area contributed by atoms with Crippen LogP contribution in [0.25, 0.3) is 11.1 Å². The maximum absolute atomic E-state index is 2.69. The monoisotopic (exact) mass is 907 g/mol. The van der Waals surface area contributed by atoms with Gasteiger partial charge in [0.05, 0.1) is 5.69 Å². The van der Waals surface area contributed by atoms with Gasteiger partial charge in [0, 0.05) is 39.4 Å². The summed E-state index contributed by atoms with van der Waals surface area (Å²) in [5.41, 5.74) is 24.9. The number of nitrogens with zero attached hydrogens (tertiary/aromatic N) is 2. The fourth-order valence-electron chi connectivity index (χ4n) is 11.8. The van der Waals surface area contributed by atoms with Crippen molar-refractivity contribution in [1.29, 1.82) is 0 Å². The largest absolute Gasteiger partial charge is 0.311 e. The first kappa shape index (κ1) is 46.9. The van der Waals surface area contributed by atoms with Gasteiger partial charge >= 0.3 is 0 Å². The van der Waals surface area contributed by atoms with Crippen molar-refractivity contribution < 1.29 is 0 Å². The molecule has 3 aliphatic rings. The Labute approximate surface area is 416 Å². The number of fused-ring (bicyclic) bond motifs is 5. The molecule has 0 aromatic heterocycles. The van der Waals surface area contributed by atoms with Crippen molar-refractivity contribution in [2.45, 2.75) is 156 Å². The Bertz CT molecular complexity index is 3140. The maximum Gasteiger partial charge on any atom is 0.252 e. The summed E-state index contributed by atoms with van der Waals surface area (Å²) >= 11 is 0. The SMILES string of the molecule is Cc1cc2c3c(c1)N(c1ccc(C(C)(C)C)cc1-c1ccc(C(C)(C)C)cc1)c1cc4c(cc1B3c1ccc(C(C)(C)c3ccccc3)cc1N2c1cccc(C(C)(C)C)c1)C(C)(C)CCC4(C)C. The molecule has 2 nitrogen and oxygen atoms in total. The van der Waals surface area contributed by atoms with E-state index in [-0.39, 0.29) is 39.2 Å². The van der Waals surface area contributed by atoms with Gasteiger partial charge in [-0.05, 0) is 162 Å². The van der Waals surface area contributed by atoms with E-state index in [2.05, 4.69) is 260 Å². The second-order valence-electron chi connectivity index (χ2n) is 25.9. The van der Waals surface area contributed by atoms with Gasteiger partial charge in [0.2, 0.25) is 0 Å². The fourth-order valence-corrected chi connectivity index (χ4v) is 11.8. The van der Waals surface area contributed by atoms with E-state index in [1.165, 1.54) is 106 Å². The first-order valence-electron chi connectivity index (χ1n) is 25.8. The van der Waals surface area contributed by atoms with Crippen molar-refractivity contribution in [2.75, 3.05) is 9.80 Å². The molecule has 0 radical (unpaired) electrons. The van der Waals surface area contributed by atoms with Gasteiger partial charge < -0.3 is 9.80 Å². The summed E-state index contributed by atoms with van der Waals surface area (Å²) in [4.78, 5) is 5.32. The van der Waals surface area contributed by atoms with Gasteiger partial charge in [-0.15, -0.1) is 0 Å². The Hall–Kier alpha value is -5.80. The second kappa shape index (κ2) is 15.9. The van der Waals surface area contributed by atoms with Crippen molar-refractivity contribution in [2.24, 2.45) is 0 Å². The molecule has 3 heteroatoms. The van der Waals surface area contributed by atoms with Crippen LogP contribution in [0.1, 0.15) is 161 Å². The van der Waals surface area contributed by atoms with Gasteiger partial charge in [0.25, 0.3) is 6.71 Å². The molecule has 2 aliphatic heterocycles. The van der Waals surface area contributed by atoms with Crippen LogP contribution in [-0.2, 0) is 32.5 Å². The van der Waals surface area contributed by atoms with Crippen molar-refractivity contribution in [3.63, 3.8) is 0 Å². The van der Waals surface area contributed by atoms with E-state index in [4.69, 9.17) is 0 Å². The topological polar surface area (TPSA) is 6.48 Å². The minimum Gasteiger partial charge on any atom is -0.311 e. The minimum atomic E-state index is -0.218. The zero-order valence-electron chi connectivity index (χ0n) is 44.7. The van der Waals surface area contributed by atoms with Crippen LogP contribution < -0.4 is 26.2 Å². The van der Waals surface area contributed by atoms with Gasteiger partial charge in [0.1, 0.15) is 0 Å². The Balaban J connectivity index is 1.33. The van der Waals surface area contributed by atoms with E-state index in [1.807, 2.05) is 0 Å². The van der Waals surface area contributed by atoms with E-state index in [9.17, 15) is 0 Å². The Kier molecular flexibility index (Phi) is 10.8. The maximum atomic E-state index is 2.69. The predicted octanol–water partition coefficient (Wildman–Crippen LogP) is 16.3. The van der Waals surface area contributed by atoms with Crippen LogP contribution in [0.2, 0.25) is 0 Å². The lowest BCUT2D eigenvalue weighted by molar-refractivity contribution is 0.332. The quantitative estimate of drug-likeness (QED) is 0.159. The van der Waals surface area contributed by atoms with E-state index in [0.717, 1.165) is 12.8 Å². The zero-order chi connectivity index (χ0) is 49.4. The molecule has 7 aromatic carbocycles. The molecular formula is C66H75BN2. The third-order valence-electron chi connectivity index (χ3n) is 16.5. The molecule has 0 saturated carbocycles. The van der Waals surface area contributed by atoms with Gasteiger partial charge in [-0.25, -0.2) is 0 Å². The lowest BCUT2D eigenvalue weighted by Gasteiger charge is -2.48. The molecule has 0 bridgehead atoms. The van der Waals surface area contributed by atoms with Crippen molar-refractivity contribution in [3.8, 4) is 11.1 Å². The molecule has 7 aromatic rings. The highest BCUT2D eigenvalue weighted by molar-refractivity contribution is 7.00. The highest BCUT2D eigenvalue weighted by Crippen LogP contribution is 2.52. The van der Waals surface area contributed by atoms with Crippen LogP contribution in [0.5, 0.6) is 0 Å². The van der Waals surface area contributed by atoms with Crippen molar-refractivity contribution >= 4 is 57.2 Å². The molecule has 10 rings (SSSR count). The highest BCUT2D eigenvalue weighted by atomic mass is 15.2. The van der Waals surface area contributed by atoms with Crippen molar-refractivity contribution in [3.05, 3.63) is 184 Å².